The van der Waals surface area contributed by atoms with Crippen LogP contribution in [0.2, 0.25) is 0 Å². The molecule has 3 aromatic carbocycles. The van der Waals surface area contributed by atoms with Gasteiger partial charge < -0.3 is 0 Å². The zero-order chi connectivity index (χ0) is 14.8. The van der Waals surface area contributed by atoms with Gasteiger partial charge in [0.05, 0.1) is 10.9 Å². The van der Waals surface area contributed by atoms with E-state index in [1.165, 1.54) is 21.6 Å². The molecule has 0 saturated heterocycles. The number of benzene rings is 3. The summed E-state index contributed by atoms with van der Waals surface area (Å²) in [7, 11) is 0.0613. The van der Waals surface area contributed by atoms with Gasteiger partial charge in [0, 0.05) is 11.1 Å². The van der Waals surface area contributed by atoms with E-state index in [0.717, 1.165) is 0 Å². The molecule has 0 bridgehead atoms. The topological polar surface area (TPSA) is 0 Å². The molecule has 0 saturated carbocycles. The fraction of sp³-hybridized carbons (Fsp3) is 0.0476. The van der Waals surface area contributed by atoms with Crippen molar-refractivity contribution < 1.29 is 0 Å². The molecule has 0 spiro atoms. The Balaban J connectivity index is 1.89. The minimum absolute atomic E-state index is 0.0613. The van der Waals surface area contributed by atoms with Crippen LogP contribution in [0.1, 0.15) is 21.9 Å². The van der Waals surface area contributed by atoms with Crippen LogP contribution in [0, 0.1) is 0 Å². The van der Waals surface area contributed by atoms with Crippen LogP contribution in [0.3, 0.4) is 0 Å². The van der Waals surface area contributed by atoms with Gasteiger partial charge in [-0.25, -0.2) is 0 Å². The summed E-state index contributed by atoms with van der Waals surface area (Å²) in [4.78, 5) is 1.40. The van der Waals surface area contributed by atoms with Crippen molar-refractivity contribution in [2.45, 2.75) is 10.1 Å². The zero-order valence-electron chi connectivity index (χ0n) is 12.2. The first-order valence-corrected chi connectivity index (χ1v) is 8.87. The number of hydrogen-bond donors (Lipinski definition) is 0. The predicted octanol–water partition coefficient (Wildman–Crippen LogP) is 5.44. The monoisotopic (exact) mass is 301 g/mol. The molecule has 0 radical (unpaired) electrons. The highest BCUT2D eigenvalue weighted by molar-refractivity contribution is 8.00. The van der Waals surface area contributed by atoms with Gasteiger partial charge in [-0.15, -0.1) is 0 Å². The van der Waals surface area contributed by atoms with Crippen molar-refractivity contribution in [3.63, 3.8) is 0 Å². The van der Waals surface area contributed by atoms with E-state index < -0.39 is 0 Å². The molecular formula is C21H17S+. The first-order valence-electron chi connectivity index (χ1n) is 7.52. The second-order valence-corrected chi connectivity index (χ2v) is 7.37. The van der Waals surface area contributed by atoms with E-state index >= 15 is 0 Å². The zero-order valence-corrected chi connectivity index (χ0v) is 13.0. The summed E-state index contributed by atoms with van der Waals surface area (Å²) in [6.45, 7) is 0. The second-order valence-electron chi connectivity index (χ2n) is 5.41. The maximum absolute atomic E-state index is 2.38. The van der Waals surface area contributed by atoms with Crippen LogP contribution in [-0.2, 0) is 10.9 Å². The van der Waals surface area contributed by atoms with E-state index in [2.05, 4.69) is 96.4 Å². The van der Waals surface area contributed by atoms with Crippen molar-refractivity contribution >= 4 is 17.0 Å². The molecular weight excluding hydrogens is 284 g/mol. The summed E-state index contributed by atoms with van der Waals surface area (Å²) in [6, 6.07) is 30.5. The van der Waals surface area contributed by atoms with Gasteiger partial charge in [0.25, 0.3) is 0 Å². The van der Waals surface area contributed by atoms with Crippen LogP contribution in [0.4, 0.5) is 0 Å². The Bertz CT molecular complexity index is 790. The van der Waals surface area contributed by atoms with Crippen molar-refractivity contribution in [3.8, 4) is 0 Å². The summed E-state index contributed by atoms with van der Waals surface area (Å²) >= 11 is 0. The van der Waals surface area contributed by atoms with Gasteiger partial charge in [-0.2, -0.15) is 0 Å². The van der Waals surface area contributed by atoms with Gasteiger partial charge in [-0.3, -0.25) is 0 Å². The predicted molar refractivity (Wildman–Crippen MR) is 95.8 cm³/mol. The lowest BCUT2D eigenvalue weighted by atomic mass is 9.99. The summed E-state index contributed by atoms with van der Waals surface area (Å²) in [5.74, 6) is 0. The van der Waals surface area contributed by atoms with Crippen LogP contribution in [0.5, 0.6) is 0 Å². The summed E-state index contributed by atoms with van der Waals surface area (Å²) in [5, 5.41) is 2.79. The van der Waals surface area contributed by atoms with Crippen LogP contribution in [0.15, 0.2) is 95.2 Å². The van der Waals surface area contributed by atoms with Crippen molar-refractivity contribution in [1.82, 2.24) is 0 Å². The molecule has 0 N–H and O–H groups in total. The Morgan fingerprint density at radius 2 is 1.27 bits per heavy atom. The second kappa shape index (κ2) is 5.86. The normalized spacial score (nSPS) is 19.6. The third kappa shape index (κ3) is 2.38. The third-order valence-electron chi connectivity index (χ3n) is 4.04. The molecule has 0 nitrogen and oxygen atoms in total. The molecule has 1 heteroatoms. The van der Waals surface area contributed by atoms with Crippen molar-refractivity contribution in [2.24, 2.45) is 0 Å². The maximum Gasteiger partial charge on any atom is 0.179 e. The molecule has 0 amide bonds. The number of fused-ring (bicyclic) bond motifs is 1. The Kier molecular flexibility index (Phi) is 3.57. The van der Waals surface area contributed by atoms with Gasteiger partial charge in [0.1, 0.15) is 5.41 Å². The van der Waals surface area contributed by atoms with E-state index in [1.54, 1.807) is 0 Å². The van der Waals surface area contributed by atoms with E-state index in [0.29, 0.717) is 5.25 Å². The molecule has 0 aliphatic carbocycles. The molecule has 2 atom stereocenters. The van der Waals surface area contributed by atoms with Crippen molar-refractivity contribution in [3.05, 3.63) is 107 Å². The quantitative estimate of drug-likeness (QED) is 0.553. The van der Waals surface area contributed by atoms with E-state index in [9.17, 15) is 0 Å². The summed E-state index contributed by atoms with van der Waals surface area (Å²) < 4.78 is 0. The van der Waals surface area contributed by atoms with Crippen LogP contribution in [-0.4, -0.2) is 0 Å². The fourth-order valence-corrected chi connectivity index (χ4v) is 5.30. The highest BCUT2D eigenvalue weighted by Crippen LogP contribution is 2.42. The summed E-state index contributed by atoms with van der Waals surface area (Å²) in [5.41, 5.74) is 4.17. The lowest BCUT2D eigenvalue weighted by Crippen LogP contribution is -2.17. The molecule has 1 aliphatic rings. The molecule has 3 aromatic rings. The lowest BCUT2D eigenvalue weighted by molar-refractivity contribution is 1.12. The maximum atomic E-state index is 2.38. The molecule has 22 heavy (non-hydrogen) atoms. The molecule has 1 unspecified atom stereocenters. The van der Waals surface area contributed by atoms with Crippen LogP contribution < -0.4 is 0 Å². The highest BCUT2D eigenvalue weighted by atomic mass is 32.2. The standard InChI is InChI=1S/C21H17S/c1-3-10-18(11-4-1)21-20-14-8-7-9-17(20)15-16-22(21)19-12-5-2-6-13-19/h1-16,21H/q+1/t21-,22?/m0/s1. The largest absolute Gasteiger partial charge is 0.179 e. The van der Waals surface area contributed by atoms with Gasteiger partial charge in [-0.1, -0.05) is 72.8 Å². The van der Waals surface area contributed by atoms with Gasteiger partial charge in [0.2, 0.25) is 0 Å². The van der Waals surface area contributed by atoms with Crippen LogP contribution in [0.25, 0.3) is 6.08 Å². The van der Waals surface area contributed by atoms with Gasteiger partial charge in [0.15, 0.2) is 10.1 Å². The summed E-state index contributed by atoms with van der Waals surface area (Å²) in [6.07, 6.45) is 2.28. The molecule has 1 aliphatic heterocycles. The highest BCUT2D eigenvalue weighted by Gasteiger charge is 2.37. The third-order valence-corrected chi connectivity index (χ3v) is 6.32. The molecule has 4 rings (SSSR count). The van der Waals surface area contributed by atoms with Gasteiger partial charge >= 0.3 is 0 Å². The average molecular weight is 301 g/mol. The minimum atomic E-state index is 0.0613. The number of rotatable bonds is 2. The van der Waals surface area contributed by atoms with Crippen molar-refractivity contribution in [2.75, 3.05) is 0 Å². The molecule has 0 aromatic heterocycles. The average Bonchev–Trinajstić information content (AvgIpc) is 2.62. The first-order chi connectivity index (χ1) is 10.9. The van der Waals surface area contributed by atoms with E-state index in [-0.39, 0.29) is 10.9 Å². The SMILES string of the molecule is C1=C[S+](c2ccccc2)[C@@H](c2ccccc2)c2ccccc21. The fourth-order valence-electron chi connectivity index (χ4n) is 3.01. The van der Waals surface area contributed by atoms with Crippen molar-refractivity contribution in [1.29, 1.82) is 0 Å². The Morgan fingerprint density at radius 3 is 2.05 bits per heavy atom. The lowest BCUT2D eigenvalue weighted by Gasteiger charge is -2.22. The van der Waals surface area contributed by atoms with Gasteiger partial charge in [-0.05, 0) is 23.8 Å². The molecule has 1 heterocycles. The van der Waals surface area contributed by atoms with E-state index in [1.807, 2.05) is 0 Å². The Morgan fingerprint density at radius 1 is 0.636 bits per heavy atom. The smallest absolute Gasteiger partial charge is 0.0622 e. The van der Waals surface area contributed by atoms with Crippen LogP contribution >= 0.6 is 0 Å². The number of hydrogen-bond acceptors (Lipinski definition) is 0. The Labute approximate surface area is 134 Å². The minimum Gasteiger partial charge on any atom is -0.0622 e. The molecule has 0 fully saturated rings. The Hall–Kier alpha value is -2.25. The first kappa shape index (κ1) is 13.4. The van der Waals surface area contributed by atoms with E-state index in [4.69, 9.17) is 0 Å². The molecule has 106 valence electrons.